The van der Waals surface area contributed by atoms with Crippen molar-refractivity contribution < 1.29 is 0 Å². The maximum Gasteiger partial charge on any atom is 0.145 e. The second-order valence-electron chi connectivity index (χ2n) is 4.82. The maximum atomic E-state index is 5.92. The zero-order valence-electron chi connectivity index (χ0n) is 10.8. The van der Waals surface area contributed by atoms with Gasteiger partial charge in [-0.05, 0) is 36.4 Å². The Balaban J connectivity index is 2.21. The summed E-state index contributed by atoms with van der Waals surface area (Å²) in [6, 6.07) is 20.3. The summed E-state index contributed by atoms with van der Waals surface area (Å²) in [7, 11) is 0. The summed E-state index contributed by atoms with van der Waals surface area (Å²) in [5.41, 5.74) is 9.81. The van der Waals surface area contributed by atoms with Crippen molar-refractivity contribution in [1.29, 1.82) is 0 Å². The highest BCUT2D eigenvalue weighted by Gasteiger charge is 2.11. The van der Waals surface area contributed by atoms with E-state index < -0.39 is 0 Å². The van der Waals surface area contributed by atoms with E-state index in [4.69, 9.17) is 5.73 Å². The van der Waals surface area contributed by atoms with Gasteiger partial charge in [0.25, 0.3) is 0 Å². The number of pyridine rings is 1. The number of aromatic nitrogens is 2. The molecule has 0 unspecified atom stereocenters. The molecule has 0 bridgehead atoms. The molecule has 96 valence electrons. The zero-order chi connectivity index (χ0) is 13.5. The number of hydrogen-bond acceptors (Lipinski definition) is 2. The van der Waals surface area contributed by atoms with Crippen molar-refractivity contribution in [2.45, 2.75) is 0 Å². The van der Waals surface area contributed by atoms with E-state index in [-0.39, 0.29) is 0 Å². The lowest BCUT2D eigenvalue weighted by Gasteiger charge is -2.07. The van der Waals surface area contributed by atoms with Gasteiger partial charge in [-0.3, -0.25) is 4.57 Å². The van der Waals surface area contributed by atoms with Crippen molar-refractivity contribution >= 4 is 27.6 Å². The van der Waals surface area contributed by atoms with Gasteiger partial charge in [0.1, 0.15) is 5.65 Å². The monoisotopic (exact) mass is 259 g/mol. The molecule has 2 aromatic carbocycles. The molecule has 0 fully saturated rings. The van der Waals surface area contributed by atoms with Crippen LogP contribution in [0.2, 0.25) is 0 Å². The summed E-state index contributed by atoms with van der Waals surface area (Å²) in [5.74, 6) is 0. The van der Waals surface area contributed by atoms with Crippen LogP contribution in [-0.4, -0.2) is 9.55 Å². The SMILES string of the molecule is Nc1cccc(-n2c3ccccc3c3cccnc32)c1. The fourth-order valence-corrected chi connectivity index (χ4v) is 2.72. The number of para-hydroxylation sites is 1. The van der Waals surface area contributed by atoms with Crippen LogP contribution >= 0.6 is 0 Å². The molecule has 0 spiro atoms. The highest BCUT2D eigenvalue weighted by molar-refractivity contribution is 6.07. The first-order valence-electron chi connectivity index (χ1n) is 6.55. The highest BCUT2D eigenvalue weighted by atomic mass is 15.0. The van der Waals surface area contributed by atoms with Crippen LogP contribution in [0.25, 0.3) is 27.6 Å². The van der Waals surface area contributed by atoms with Gasteiger partial charge in [0.05, 0.1) is 5.52 Å². The van der Waals surface area contributed by atoms with Gasteiger partial charge >= 0.3 is 0 Å². The maximum absolute atomic E-state index is 5.92. The average molecular weight is 259 g/mol. The number of fused-ring (bicyclic) bond motifs is 3. The zero-order valence-corrected chi connectivity index (χ0v) is 10.8. The molecular weight excluding hydrogens is 246 g/mol. The summed E-state index contributed by atoms with van der Waals surface area (Å²) in [6.07, 6.45) is 1.82. The molecule has 3 nitrogen and oxygen atoms in total. The van der Waals surface area contributed by atoms with Gasteiger partial charge in [-0.15, -0.1) is 0 Å². The Labute approximate surface area is 116 Å². The molecule has 0 aliphatic rings. The van der Waals surface area contributed by atoms with Crippen LogP contribution < -0.4 is 5.73 Å². The number of nitrogens with two attached hydrogens (primary N) is 1. The Morgan fingerprint density at radius 2 is 1.70 bits per heavy atom. The quantitative estimate of drug-likeness (QED) is 0.529. The van der Waals surface area contributed by atoms with Gasteiger partial charge in [-0.1, -0.05) is 24.3 Å². The van der Waals surface area contributed by atoms with Crippen molar-refractivity contribution in [3.05, 3.63) is 66.9 Å². The van der Waals surface area contributed by atoms with Crippen molar-refractivity contribution in [3.63, 3.8) is 0 Å². The fourth-order valence-electron chi connectivity index (χ4n) is 2.72. The van der Waals surface area contributed by atoms with E-state index in [1.165, 1.54) is 5.39 Å². The topological polar surface area (TPSA) is 43.8 Å². The van der Waals surface area contributed by atoms with Crippen LogP contribution in [0.5, 0.6) is 0 Å². The molecule has 0 atom stereocenters. The van der Waals surface area contributed by atoms with Crippen molar-refractivity contribution in [2.24, 2.45) is 0 Å². The van der Waals surface area contributed by atoms with Gasteiger partial charge in [0.2, 0.25) is 0 Å². The Kier molecular flexibility index (Phi) is 2.27. The number of nitrogens with zero attached hydrogens (tertiary/aromatic N) is 2. The lowest BCUT2D eigenvalue weighted by atomic mass is 10.2. The van der Waals surface area contributed by atoms with Gasteiger partial charge in [-0.25, -0.2) is 4.98 Å². The van der Waals surface area contributed by atoms with Crippen LogP contribution in [0.4, 0.5) is 5.69 Å². The van der Waals surface area contributed by atoms with Crippen LogP contribution in [0, 0.1) is 0 Å². The summed E-state index contributed by atoms with van der Waals surface area (Å²) < 4.78 is 2.15. The van der Waals surface area contributed by atoms with E-state index in [9.17, 15) is 0 Å². The van der Waals surface area contributed by atoms with Gasteiger partial charge in [-0.2, -0.15) is 0 Å². The van der Waals surface area contributed by atoms with E-state index in [0.29, 0.717) is 0 Å². The Morgan fingerprint density at radius 3 is 2.60 bits per heavy atom. The standard InChI is InChI=1S/C17H13N3/c18-12-5-3-6-13(11-12)20-16-9-2-1-7-14(16)15-8-4-10-19-17(15)20/h1-11H,18H2. The van der Waals surface area contributed by atoms with E-state index in [1.54, 1.807) is 0 Å². The van der Waals surface area contributed by atoms with Crippen molar-refractivity contribution in [3.8, 4) is 5.69 Å². The first kappa shape index (κ1) is 11.1. The molecule has 0 aliphatic heterocycles. The second kappa shape index (κ2) is 4.10. The number of hydrogen-bond donors (Lipinski definition) is 1. The molecule has 0 radical (unpaired) electrons. The smallest absolute Gasteiger partial charge is 0.145 e. The summed E-state index contributed by atoms with van der Waals surface area (Å²) >= 11 is 0. The Morgan fingerprint density at radius 1 is 0.850 bits per heavy atom. The van der Waals surface area contributed by atoms with Gasteiger partial charge in [0, 0.05) is 28.3 Å². The molecule has 3 heteroatoms. The van der Waals surface area contributed by atoms with Crippen LogP contribution in [0.1, 0.15) is 0 Å². The number of benzene rings is 2. The molecule has 0 saturated heterocycles. The first-order chi connectivity index (χ1) is 9.84. The molecule has 2 N–H and O–H groups in total. The molecule has 2 heterocycles. The minimum Gasteiger partial charge on any atom is -0.399 e. The first-order valence-corrected chi connectivity index (χ1v) is 6.55. The van der Waals surface area contributed by atoms with E-state index >= 15 is 0 Å². The van der Waals surface area contributed by atoms with Gasteiger partial charge in [0.15, 0.2) is 0 Å². The third-order valence-electron chi connectivity index (χ3n) is 3.56. The summed E-state index contributed by atoms with van der Waals surface area (Å²) in [4.78, 5) is 4.55. The van der Waals surface area contributed by atoms with E-state index in [2.05, 4.69) is 39.9 Å². The fraction of sp³-hybridized carbons (Fsp3) is 0. The van der Waals surface area contributed by atoms with Crippen LogP contribution in [0.15, 0.2) is 66.9 Å². The van der Waals surface area contributed by atoms with Crippen LogP contribution in [0.3, 0.4) is 0 Å². The van der Waals surface area contributed by atoms with Crippen LogP contribution in [-0.2, 0) is 0 Å². The molecule has 0 aliphatic carbocycles. The van der Waals surface area contributed by atoms with E-state index in [0.717, 1.165) is 27.9 Å². The number of anilines is 1. The third kappa shape index (κ3) is 1.50. The normalized spacial score (nSPS) is 11.2. The lowest BCUT2D eigenvalue weighted by Crippen LogP contribution is -1.96. The predicted molar refractivity (Wildman–Crippen MR) is 83.0 cm³/mol. The number of nitrogen functional groups attached to an aromatic ring is 1. The molecule has 20 heavy (non-hydrogen) atoms. The summed E-state index contributed by atoms with van der Waals surface area (Å²) in [5, 5.41) is 2.36. The molecule has 0 saturated carbocycles. The predicted octanol–water partition coefficient (Wildman–Crippen LogP) is 3.76. The highest BCUT2D eigenvalue weighted by Crippen LogP contribution is 2.30. The lowest BCUT2D eigenvalue weighted by molar-refractivity contribution is 1.14. The Hall–Kier alpha value is -2.81. The molecule has 4 aromatic rings. The van der Waals surface area contributed by atoms with Crippen molar-refractivity contribution in [1.82, 2.24) is 9.55 Å². The minimum absolute atomic E-state index is 0.754. The molecule has 4 rings (SSSR count). The van der Waals surface area contributed by atoms with Gasteiger partial charge < -0.3 is 5.73 Å². The second-order valence-corrected chi connectivity index (χ2v) is 4.82. The molecule has 0 amide bonds. The Bertz CT molecular complexity index is 868. The largest absolute Gasteiger partial charge is 0.399 e. The minimum atomic E-state index is 0.754. The summed E-state index contributed by atoms with van der Waals surface area (Å²) in [6.45, 7) is 0. The average Bonchev–Trinajstić information content (AvgIpc) is 2.82. The number of rotatable bonds is 1. The van der Waals surface area contributed by atoms with Crippen molar-refractivity contribution in [2.75, 3.05) is 5.73 Å². The molecular formula is C17H13N3. The van der Waals surface area contributed by atoms with E-state index in [1.807, 2.05) is 36.5 Å². The molecule has 2 aromatic heterocycles. The third-order valence-corrected chi connectivity index (χ3v) is 3.56.